The largest absolute Gasteiger partial charge is 0.374 e. The average molecular weight is 364 g/mol. The van der Waals surface area contributed by atoms with E-state index in [1.165, 1.54) is 0 Å². The molecule has 6 heteroatoms. The Morgan fingerprint density at radius 2 is 1.54 bits per heavy atom. The van der Waals surface area contributed by atoms with Gasteiger partial charge in [0.25, 0.3) is 0 Å². The molecule has 4 nitrogen and oxygen atoms in total. The SMILES string of the molecule is O[C@@H]1O[C@H](COCc2ccccc2)[C@H](OCc2ccccc2)C1(F)CF. The predicted octanol–water partition coefficient (Wildman–Crippen LogP) is 3.18. The molecule has 0 radical (unpaired) electrons. The van der Waals surface area contributed by atoms with E-state index in [1.807, 2.05) is 60.7 Å². The summed E-state index contributed by atoms with van der Waals surface area (Å²) in [5, 5.41) is 9.83. The highest BCUT2D eigenvalue weighted by atomic mass is 19.2. The first-order valence-electron chi connectivity index (χ1n) is 8.49. The van der Waals surface area contributed by atoms with Crippen LogP contribution in [0.1, 0.15) is 11.1 Å². The molecule has 1 fully saturated rings. The van der Waals surface area contributed by atoms with E-state index in [4.69, 9.17) is 14.2 Å². The Hall–Kier alpha value is -1.86. The van der Waals surface area contributed by atoms with E-state index in [1.54, 1.807) is 0 Å². The number of ether oxygens (including phenoxy) is 3. The van der Waals surface area contributed by atoms with Gasteiger partial charge >= 0.3 is 0 Å². The zero-order chi connectivity index (χ0) is 18.4. The molecular formula is C20H22F2O4. The fraction of sp³-hybridized carbons (Fsp3) is 0.400. The highest BCUT2D eigenvalue weighted by Crippen LogP contribution is 2.37. The summed E-state index contributed by atoms with van der Waals surface area (Å²) in [6, 6.07) is 18.6. The summed E-state index contributed by atoms with van der Waals surface area (Å²) in [6.07, 6.45) is -4.06. The van der Waals surface area contributed by atoms with Gasteiger partial charge in [0.1, 0.15) is 18.9 Å². The van der Waals surface area contributed by atoms with Gasteiger partial charge in [-0.25, -0.2) is 8.78 Å². The molecule has 0 aromatic heterocycles. The molecule has 4 atom stereocenters. The van der Waals surface area contributed by atoms with Gasteiger partial charge in [0, 0.05) is 0 Å². The molecule has 2 aromatic rings. The molecule has 26 heavy (non-hydrogen) atoms. The lowest BCUT2D eigenvalue weighted by molar-refractivity contribution is -0.156. The van der Waals surface area contributed by atoms with Crippen LogP contribution in [0.25, 0.3) is 0 Å². The van der Waals surface area contributed by atoms with Crippen LogP contribution in [0.4, 0.5) is 8.78 Å². The lowest BCUT2D eigenvalue weighted by atomic mass is 9.98. The van der Waals surface area contributed by atoms with E-state index in [0.717, 1.165) is 11.1 Å². The number of alkyl halides is 2. The van der Waals surface area contributed by atoms with Crippen molar-refractivity contribution in [2.75, 3.05) is 13.3 Å². The van der Waals surface area contributed by atoms with Gasteiger partial charge in [-0.15, -0.1) is 0 Å². The second-order valence-electron chi connectivity index (χ2n) is 6.31. The summed E-state index contributed by atoms with van der Waals surface area (Å²) >= 11 is 0. The zero-order valence-electron chi connectivity index (χ0n) is 14.3. The lowest BCUT2D eigenvalue weighted by Gasteiger charge is -2.27. The van der Waals surface area contributed by atoms with Crippen LogP contribution in [-0.2, 0) is 27.4 Å². The maximum Gasteiger partial charge on any atom is 0.217 e. The quantitative estimate of drug-likeness (QED) is 0.782. The molecule has 3 rings (SSSR count). The number of aliphatic hydroxyl groups excluding tert-OH is 1. The highest BCUT2D eigenvalue weighted by molar-refractivity contribution is 5.14. The van der Waals surface area contributed by atoms with Crippen molar-refractivity contribution in [3.63, 3.8) is 0 Å². The van der Waals surface area contributed by atoms with Gasteiger partial charge in [0.2, 0.25) is 5.67 Å². The van der Waals surface area contributed by atoms with Crippen molar-refractivity contribution in [2.24, 2.45) is 0 Å². The number of hydrogen-bond acceptors (Lipinski definition) is 4. The molecule has 0 aliphatic carbocycles. The van der Waals surface area contributed by atoms with E-state index in [0.29, 0.717) is 6.61 Å². The number of hydrogen-bond donors (Lipinski definition) is 1. The van der Waals surface area contributed by atoms with Crippen LogP contribution in [0.15, 0.2) is 60.7 Å². The molecule has 0 spiro atoms. The molecule has 0 saturated carbocycles. The first-order valence-corrected chi connectivity index (χ1v) is 8.49. The van der Waals surface area contributed by atoms with Crippen LogP contribution < -0.4 is 0 Å². The van der Waals surface area contributed by atoms with Crippen molar-refractivity contribution in [3.8, 4) is 0 Å². The Kier molecular flexibility index (Phi) is 6.32. The van der Waals surface area contributed by atoms with Crippen LogP contribution in [0.5, 0.6) is 0 Å². The van der Waals surface area contributed by atoms with Crippen molar-refractivity contribution in [3.05, 3.63) is 71.8 Å². The highest BCUT2D eigenvalue weighted by Gasteiger charge is 2.58. The standard InChI is InChI=1S/C20H22F2O4/c21-14-20(22)18(25-12-16-9-5-2-6-10-16)17(26-19(20)23)13-24-11-15-7-3-1-4-8-15/h1-10,17-19,23H,11-14H2/t17-,18+,19-,20?/m1/s1. The molecule has 1 N–H and O–H groups in total. The van der Waals surface area contributed by atoms with E-state index >= 15 is 0 Å². The molecule has 1 saturated heterocycles. The van der Waals surface area contributed by atoms with Crippen LogP contribution in [0.3, 0.4) is 0 Å². The number of benzene rings is 2. The van der Waals surface area contributed by atoms with Gasteiger partial charge in [-0.2, -0.15) is 0 Å². The Labute approximate surface area is 151 Å². The van der Waals surface area contributed by atoms with Gasteiger partial charge in [0.05, 0.1) is 19.8 Å². The zero-order valence-corrected chi connectivity index (χ0v) is 14.3. The monoisotopic (exact) mass is 364 g/mol. The summed E-state index contributed by atoms with van der Waals surface area (Å²) in [5.41, 5.74) is -0.848. The summed E-state index contributed by atoms with van der Waals surface area (Å²) < 4.78 is 44.6. The van der Waals surface area contributed by atoms with Gasteiger partial charge in [0.15, 0.2) is 6.29 Å². The Bertz CT molecular complexity index is 670. The first-order chi connectivity index (χ1) is 12.6. The molecule has 1 aliphatic heterocycles. The maximum absolute atomic E-state index is 14.9. The summed E-state index contributed by atoms with van der Waals surface area (Å²) in [7, 11) is 0. The van der Waals surface area contributed by atoms with Gasteiger partial charge < -0.3 is 19.3 Å². The third kappa shape index (κ3) is 4.27. The summed E-state index contributed by atoms with van der Waals surface area (Å²) in [4.78, 5) is 0. The second kappa shape index (κ2) is 8.68. The van der Waals surface area contributed by atoms with E-state index in [-0.39, 0.29) is 13.2 Å². The minimum Gasteiger partial charge on any atom is -0.374 e. The number of aliphatic hydroxyl groups is 1. The first kappa shape index (κ1) is 18.9. The minimum atomic E-state index is -2.62. The van der Waals surface area contributed by atoms with Crippen LogP contribution in [-0.4, -0.2) is 42.6 Å². The van der Waals surface area contributed by atoms with Crippen LogP contribution >= 0.6 is 0 Å². The number of halogens is 2. The molecule has 0 bridgehead atoms. The third-order valence-corrected chi connectivity index (χ3v) is 4.40. The fourth-order valence-electron chi connectivity index (χ4n) is 2.94. The van der Waals surface area contributed by atoms with Gasteiger partial charge in [-0.1, -0.05) is 60.7 Å². The average Bonchev–Trinajstić information content (AvgIpc) is 2.92. The third-order valence-electron chi connectivity index (χ3n) is 4.40. The number of rotatable bonds is 8. The molecular weight excluding hydrogens is 342 g/mol. The van der Waals surface area contributed by atoms with Crippen LogP contribution in [0, 0.1) is 0 Å². The second-order valence-corrected chi connectivity index (χ2v) is 6.31. The summed E-state index contributed by atoms with van der Waals surface area (Å²) in [5.74, 6) is 0. The van der Waals surface area contributed by atoms with E-state index in [2.05, 4.69) is 0 Å². The fourth-order valence-corrected chi connectivity index (χ4v) is 2.94. The molecule has 0 amide bonds. The molecule has 1 unspecified atom stereocenters. The molecule has 1 aliphatic rings. The van der Waals surface area contributed by atoms with Gasteiger partial charge in [-0.3, -0.25) is 0 Å². The molecule has 140 valence electrons. The van der Waals surface area contributed by atoms with Gasteiger partial charge in [-0.05, 0) is 11.1 Å². The topological polar surface area (TPSA) is 47.9 Å². The van der Waals surface area contributed by atoms with Crippen molar-refractivity contribution in [2.45, 2.75) is 37.4 Å². The Morgan fingerprint density at radius 1 is 0.962 bits per heavy atom. The lowest BCUT2D eigenvalue weighted by Crippen LogP contribution is -2.48. The van der Waals surface area contributed by atoms with E-state index < -0.39 is 30.8 Å². The van der Waals surface area contributed by atoms with Crippen molar-refractivity contribution in [1.29, 1.82) is 0 Å². The molecule has 1 heterocycles. The van der Waals surface area contributed by atoms with Crippen LogP contribution in [0.2, 0.25) is 0 Å². The Morgan fingerprint density at radius 3 is 2.12 bits per heavy atom. The van der Waals surface area contributed by atoms with Crippen molar-refractivity contribution in [1.82, 2.24) is 0 Å². The minimum absolute atomic E-state index is 0.0168. The van der Waals surface area contributed by atoms with Crippen molar-refractivity contribution >= 4 is 0 Å². The normalized spacial score (nSPS) is 28.3. The summed E-state index contributed by atoms with van der Waals surface area (Å²) in [6.45, 7) is -1.03. The van der Waals surface area contributed by atoms with E-state index in [9.17, 15) is 13.9 Å². The maximum atomic E-state index is 14.9. The molecule has 2 aromatic carbocycles. The Balaban J connectivity index is 1.62. The van der Waals surface area contributed by atoms with Crippen molar-refractivity contribution < 1.29 is 28.1 Å². The predicted molar refractivity (Wildman–Crippen MR) is 91.8 cm³/mol. The smallest absolute Gasteiger partial charge is 0.217 e.